The highest BCUT2D eigenvalue weighted by atomic mass is 32.1. The number of amides is 1. The first kappa shape index (κ1) is 17.0. The van der Waals surface area contributed by atoms with Gasteiger partial charge in [0, 0.05) is 17.3 Å². The van der Waals surface area contributed by atoms with Crippen LogP contribution >= 0.6 is 12.2 Å². The highest BCUT2D eigenvalue weighted by molar-refractivity contribution is 7.80. The van der Waals surface area contributed by atoms with E-state index in [9.17, 15) is 4.79 Å². The molecule has 1 aromatic heterocycles. The number of rotatable bonds is 4. The second-order valence-electron chi connectivity index (χ2n) is 5.91. The van der Waals surface area contributed by atoms with E-state index >= 15 is 0 Å². The minimum absolute atomic E-state index is 0.256. The minimum Gasteiger partial charge on any atom is -0.497 e. The first-order valence-electron chi connectivity index (χ1n) is 8.27. The lowest BCUT2D eigenvalue weighted by Crippen LogP contribution is -2.21. The van der Waals surface area contributed by atoms with Crippen LogP contribution in [0.15, 0.2) is 66.5 Å². The Hall–Kier alpha value is -3.45. The average molecular weight is 376 g/mol. The van der Waals surface area contributed by atoms with Crippen LogP contribution in [0.1, 0.15) is 5.56 Å². The Morgan fingerprint density at radius 3 is 2.44 bits per heavy atom. The summed E-state index contributed by atoms with van der Waals surface area (Å²) >= 11 is 5.01. The number of carbonyl (C=O) groups is 1. The number of para-hydroxylation sites is 1. The fourth-order valence-corrected chi connectivity index (χ4v) is 3.02. The number of hydrogen-bond donors (Lipinski definition) is 2. The molecule has 27 heavy (non-hydrogen) atoms. The van der Waals surface area contributed by atoms with Crippen LogP contribution in [-0.4, -0.2) is 27.9 Å². The Morgan fingerprint density at radius 2 is 1.81 bits per heavy atom. The van der Waals surface area contributed by atoms with Gasteiger partial charge in [-0.3, -0.25) is 10.1 Å². The number of thiocarbonyl (C=S) groups is 1. The van der Waals surface area contributed by atoms with Gasteiger partial charge in [-0.2, -0.15) is 5.10 Å². The molecule has 2 N–H and O–H groups in total. The number of ether oxygens (including phenoxy) is 1. The summed E-state index contributed by atoms with van der Waals surface area (Å²) in [5, 5.41) is 10.5. The molecule has 6 nitrogen and oxygen atoms in total. The van der Waals surface area contributed by atoms with E-state index in [0.29, 0.717) is 10.8 Å². The zero-order chi connectivity index (χ0) is 18.8. The van der Waals surface area contributed by atoms with E-state index in [1.807, 2.05) is 60.8 Å². The molecule has 7 heteroatoms. The summed E-state index contributed by atoms with van der Waals surface area (Å²) in [5.74, 6) is 0.511. The van der Waals surface area contributed by atoms with Crippen molar-refractivity contribution in [1.82, 2.24) is 20.4 Å². The number of nitrogens with zero attached hydrogens (tertiary/aromatic N) is 2. The molecule has 0 aliphatic carbocycles. The number of benzene rings is 2. The molecule has 0 spiro atoms. The van der Waals surface area contributed by atoms with Crippen LogP contribution in [0.3, 0.4) is 0 Å². The normalized spacial score (nSPS) is 14.9. The van der Waals surface area contributed by atoms with Gasteiger partial charge in [0.25, 0.3) is 5.91 Å². The van der Waals surface area contributed by atoms with Crippen molar-refractivity contribution in [3.05, 3.63) is 72.1 Å². The molecule has 1 saturated heterocycles. The van der Waals surface area contributed by atoms with Gasteiger partial charge in [0.1, 0.15) is 17.1 Å². The van der Waals surface area contributed by atoms with Crippen molar-refractivity contribution in [1.29, 1.82) is 0 Å². The second kappa shape index (κ2) is 7.05. The van der Waals surface area contributed by atoms with Crippen molar-refractivity contribution < 1.29 is 9.53 Å². The van der Waals surface area contributed by atoms with Gasteiger partial charge in [0.2, 0.25) is 0 Å². The third kappa shape index (κ3) is 3.45. The van der Waals surface area contributed by atoms with E-state index < -0.39 is 0 Å². The Morgan fingerprint density at radius 1 is 1.07 bits per heavy atom. The highest BCUT2D eigenvalue weighted by Gasteiger charge is 2.21. The number of methoxy groups -OCH3 is 1. The Balaban J connectivity index is 1.82. The maximum absolute atomic E-state index is 12.0. The first-order chi connectivity index (χ1) is 13.1. The molecule has 4 rings (SSSR count). The third-order valence-corrected chi connectivity index (χ3v) is 4.35. The van der Waals surface area contributed by atoms with E-state index in [0.717, 1.165) is 28.3 Å². The molecule has 0 radical (unpaired) electrons. The van der Waals surface area contributed by atoms with Crippen LogP contribution in [0.4, 0.5) is 0 Å². The van der Waals surface area contributed by atoms with Crippen molar-refractivity contribution in [3.63, 3.8) is 0 Å². The number of hydrogen-bond acceptors (Lipinski definition) is 4. The zero-order valence-corrected chi connectivity index (χ0v) is 15.3. The number of nitrogens with one attached hydrogen (secondary N) is 2. The fourth-order valence-electron chi connectivity index (χ4n) is 2.82. The van der Waals surface area contributed by atoms with Crippen molar-refractivity contribution in [2.45, 2.75) is 0 Å². The summed E-state index contributed by atoms with van der Waals surface area (Å²) in [6.45, 7) is 0. The second-order valence-corrected chi connectivity index (χ2v) is 6.32. The van der Waals surface area contributed by atoms with Crippen LogP contribution in [0.25, 0.3) is 23.0 Å². The number of aromatic nitrogens is 2. The smallest absolute Gasteiger partial charge is 0.273 e. The monoisotopic (exact) mass is 376 g/mol. The summed E-state index contributed by atoms with van der Waals surface area (Å²) in [7, 11) is 1.63. The van der Waals surface area contributed by atoms with Crippen LogP contribution in [0.5, 0.6) is 5.75 Å². The van der Waals surface area contributed by atoms with Crippen LogP contribution in [0.2, 0.25) is 0 Å². The Kier molecular flexibility index (Phi) is 4.43. The molecule has 1 aliphatic rings. The predicted octanol–water partition coefficient (Wildman–Crippen LogP) is 2.89. The maximum atomic E-state index is 12.0. The molecule has 0 unspecified atom stereocenters. The topological polar surface area (TPSA) is 68.2 Å². The molecule has 0 bridgehead atoms. The zero-order valence-electron chi connectivity index (χ0n) is 14.5. The molecule has 2 heterocycles. The summed E-state index contributed by atoms with van der Waals surface area (Å²) in [6.07, 6.45) is 3.64. The predicted molar refractivity (Wildman–Crippen MR) is 107 cm³/mol. The van der Waals surface area contributed by atoms with E-state index in [-0.39, 0.29) is 5.91 Å². The molecule has 3 aromatic rings. The SMILES string of the molecule is COc1ccc(-c2nn(-c3ccccc3)cc2C=C2NC(=S)NC2=O)cc1. The van der Waals surface area contributed by atoms with Crippen molar-refractivity contribution in [3.8, 4) is 22.7 Å². The van der Waals surface area contributed by atoms with Crippen LogP contribution in [-0.2, 0) is 4.79 Å². The van der Waals surface area contributed by atoms with Gasteiger partial charge < -0.3 is 10.1 Å². The summed E-state index contributed by atoms with van der Waals surface area (Å²) < 4.78 is 7.02. The summed E-state index contributed by atoms with van der Waals surface area (Å²) in [5.41, 5.74) is 3.78. The largest absolute Gasteiger partial charge is 0.497 e. The first-order valence-corrected chi connectivity index (χ1v) is 8.68. The lowest BCUT2D eigenvalue weighted by atomic mass is 10.1. The van der Waals surface area contributed by atoms with Gasteiger partial charge in [-0.15, -0.1) is 0 Å². The summed E-state index contributed by atoms with van der Waals surface area (Å²) in [4.78, 5) is 12.0. The molecule has 2 aromatic carbocycles. The lowest BCUT2D eigenvalue weighted by molar-refractivity contribution is -0.115. The Labute approximate surface area is 161 Å². The van der Waals surface area contributed by atoms with E-state index in [1.165, 1.54) is 0 Å². The van der Waals surface area contributed by atoms with Gasteiger partial charge in [-0.1, -0.05) is 18.2 Å². The van der Waals surface area contributed by atoms with E-state index in [4.69, 9.17) is 22.1 Å². The quantitative estimate of drug-likeness (QED) is 0.541. The van der Waals surface area contributed by atoms with Crippen LogP contribution < -0.4 is 15.4 Å². The molecule has 1 aliphatic heterocycles. The molecule has 0 saturated carbocycles. The summed E-state index contributed by atoms with van der Waals surface area (Å²) in [6, 6.07) is 17.4. The van der Waals surface area contributed by atoms with Gasteiger partial charge in [0.15, 0.2) is 5.11 Å². The fraction of sp³-hybridized carbons (Fsp3) is 0.0500. The van der Waals surface area contributed by atoms with Crippen molar-refractivity contribution in [2.75, 3.05) is 7.11 Å². The molecule has 134 valence electrons. The lowest BCUT2D eigenvalue weighted by Gasteiger charge is -2.03. The Bertz CT molecular complexity index is 1040. The minimum atomic E-state index is -0.256. The average Bonchev–Trinajstić information content (AvgIpc) is 3.25. The molecular weight excluding hydrogens is 360 g/mol. The third-order valence-electron chi connectivity index (χ3n) is 4.15. The standard InChI is InChI=1S/C20H16N4O2S/c1-26-16-9-7-13(8-10-16)18-14(11-17-19(25)22-20(27)21-17)12-24(23-18)15-5-3-2-4-6-15/h2-12H,1H3,(H2,21,22,25,27). The van der Waals surface area contributed by atoms with E-state index in [1.54, 1.807) is 17.9 Å². The highest BCUT2D eigenvalue weighted by Crippen LogP contribution is 2.27. The maximum Gasteiger partial charge on any atom is 0.273 e. The molecule has 1 fully saturated rings. The van der Waals surface area contributed by atoms with Gasteiger partial charge in [0.05, 0.1) is 12.8 Å². The van der Waals surface area contributed by atoms with Crippen molar-refractivity contribution in [2.24, 2.45) is 0 Å². The van der Waals surface area contributed by atoms with Crippen LogP contribution in [0, 0.1) is 0 Å². The molecular formula is C20H16N4O2S. The van der Waals surface area contributed by atoms with Gasteiger partial charge >= 0.3 is 0 Å². The molecule has 0 atom stereocenters. The van der Waals surface area contributed by atoms with Gasteiger partial charge in [-0.25, -0.2) is 4.68 Å². The van der Waals surface area contributed by atoms with Crippen molar-refractivity contribution >= 4 is 29.3 Å². The number of carbonyl (C=O) groups excluding carboxylic acids is 1. The molecule has 1 amide bonds. The van der Waals surface area contributed by atoms with Gasteiger partial charge in [-0.05, 0) is 54.7 Å². The van der Waals surface area contributed by atoms with E-state index in [2.05, 4.69) is 10.6 Å².